The summed E-state index contributed by atoms with van der Waals surface area (Å²) in [7, 11) is 0. The molecular weight excluding hydrogens is 194 g/mol. The molecule has 0 radical (unpaired) electrons. The lowest BCUT2D eigenvalue weighted by Gasteiger charge is -2.32. The third-order valence-corrected chi connectivity index (χ3v) is 2.55. The van der Waals surface area contributed by atoms with Crippen molar-refractivity contribution in [2.24, 2.45) is 5.73 Å². The molecule has 2 rings (SSSR count). The fourth-order valence-corrected chi connectivity index (χ4v) is 1.62. The average molecular weight is 207 g/mol. The molecule has 0 aromatic carbocycles. The van der Waals surface area contributed by atoms with Gasteiger partial charge in [-0.15, -0.1) is 0 Å². The number of aromatic hydroxyl groups is 1. The van der Waals surface area contributed by atoms with E-state index < -0.39 is 0 Å². The summed E-state index contributed by atoms with van der Waals surface area (Å²) in [6.07, 6.45) is 4.33. The Balaban J connectivity index is 1.99. The summed E-state index contributed by atoms with van der Waals surface area (Å²) in [6, 6.07) is 1.82. The summed E-state index contributed by atoms with van der Waals surface area (Å²) in [4.78, 5) is 15.3. The van der Waals surface area contributed by atoms with Gasteiger partial charge in [0.2, 0.25) is 0 Å². The Morgan fingerprint density at radius 3 is 2.93 bits per heavy atom. The molecule has 4 N–H and O–H groups in total. The van der Waals surface area contributed by atoms with Crippen LogP contribution in [0.2, 0.25) is 0 Å². The molecule has 5 nitrogen and oxygen atoms in total. The molecule has 5 heteroatoms. The first kappa shape index (κ1) is 9.92. The van der Waals surface area contributed by atoms with Gasteiger partial charge in [0.15, 0.2) is 0 Å². The van der Waals surface area contributed by atoms with Crippen molar-refractivity contribution in [2.45, 2.75) is 24.9 Å². The Labute approximate surface area is 87.3 Å². The van der Waals surface area contributed by atoms with Crippen molar-refractivity contribution in [1.82, 2.24) is 10.3 Å². The van der Waals surface area contributed by atoms with E-state index >= 15 is 0 Å². The summed E-state index contributed by atoms with van der Waals surface area (Å²) < 4.78 is 0. The average Bonchev–Trinajstić information content (AvgIpc) is 2.16. The topological polar surface area (TPSA) is 88.2 Å². The van der Waals surface area contributed by atoms with Crippen LogP contribution in [0.1, 0.15) is 23.2 Å². The monoisotopic (exact) mass is 207 g/mol. The summed E-state index contributed by atoms with van der Waals surface area (Å²) in [5, 5.41) is 12.2. The molecule has 1 aromatic rings. The molecular formula is C10H13N3O2. The number of nitrogens with zero attached hydrogens (tertiary/aromatic N) is 1. The molecule has 1 aliphatic rings. The highest BCUT2D eigenvalue weighted by atomic mass is 16.3. The standard InChI is InChI=1S/C10H13N3O2/c11-6-3-7(4-6)13-10(15)8-1-2-12-5-9(8)14/h1-2,5-7,14H,3-4,11H2,(H,13,15). The number of pyridine rings is 1. The van der Waals surface area contributed by atoms with Gasteiger partial charge in [-0.3, -0.25) is 9.78 Å². The maximum Gasteiger partial charge on any atom is 0.255 e. The van der Waals surface area contributed by atoms with Gasteiger partial charge in [-0.2, -0.15) is 0 Å². The van der Waals surface area contributed by atoms with Crippen molar-refractivity contribution in [3.05, 3.63) is 24.0 Å². The first-order valence-electron chi connectivity index (χ1n) is 4.86. The first-order valence-corrected chi connectivity index (χ1v) is 4.86. The van der Waals surface area contributed by atoms with Crippen LogP contribution in [0.5, 0.6) is 5.75 Å². The molecule has 1 saturated carbocycles. The summed E-state index contributed by atoms with van der Waals surface area (Å²) in [5.41, 5.74) is 5.86. The van der Waals surface area contributed by atoms with Crippen molar-refractivity contribution in [3.63, 3.8) is 0 Å². The first-order chi connectivity index (χ1) is 7.16. The largest absolute Gasteiger partial charge is 0.505 e. The van der Waals surface area contributed by atoms with Crippen LogP contribution >= 0.6 is 0 Å². The van der Waals surface area contributed by atoms with E-state index in [0.717, 1.165) is 12.8 Å². The van der Waals surface area contributed by atoms with Gasteiger partial charge in [0.25, 0.3) is 5.91 Å². The molecule has 0 unspecified atom stereocenters. The van der Waals surface area contributed by atoms with E-state index in [2.05, 4.69) is 10.3 Å². The zero-order valence-corrected chi connectivity index (χ0v) is 8.18. The second-order valence-corrected chi connectivity index (χ2v) is 3.79. The number of carbonyl (C=O) groups is 1. The number of carbonyl (C=O) groups excluding carboxylic acids is 1. The molecule has 15 heavy (non-hydrogen) atoms. The highest BCUT2D eigenvalue weighted by Gasteiger charge is 2.27. The summed E-state index contributed by atoms with van der Waals surface area (Å²) in [5.74, 6) is -0.370. The molecule has 0 aliphatic heterocycles. The van der Waals surface area contributed by atoms with Crippen LogP contribution in [0.3, 0.4) is 0 Å². The molecule has 1 heterocycles. The Hall–Kier alpha value is -1.62. The Morgan fingerprint density at radius 1 is 1.60 bits per heavy atom. The minimum Gasteiger partial charge on any atom is -0.505 e. The fraction of sp³-hybridized carbons (Fsp3) is 0.400. The number of hydrogen-bond donors (Lipinski definition) is 3. The van der Waals surface area contributed by atoms with Crippen LogP contribution in [-0.2, 0) is 0 Å². The molecule has 0 bridgehead atoms. The predicted molar refractivity (Wildman–Crippen MR) is 54.4 cm³/mol. The fourth-order valence-electron chi connectivity index (χ4n) is 1.62. The van der Waals surface area contributed by atoms with E-state index in [1.54, 1.807) is 0 Å². The van der Waals surface area contributed by atoms with Crippen molar-refractivity contribution in [2.75, 3.05) is 0 Å². The Morgan fingerprint density at radius 2 is 2.33 bits per heavy atom. The molecule has 0 spiro atoms. The second-order valence-electron chi connectivity index (χ2n) is 3.79. The normalized spacial score (nSPS) is 24.3. The van der Waals surface area contributed by atoms with E-state index in [4.69, 9.17) is 5.73 Å². The zero-order valence-electron chi connectivity index (χ0n) is 8.18. The van der Waals surface area contributed by atoms with Crippen molar-refractivity contribution in [3.8, 4) is 5.75 Å². The van der Waals surface area contributed by atoms with E-state index in [9.17, 15) is 9.90 Å². The lowest BCUT2D eigenvalue weighted by Crippen LogP contribution is -2.50. The maximum atomic E-state index is 11.6. The third kappa shape index (κ3) is 2.07. The maximum absolute atomic E-state index is 11.6. The smallest absolute Gasteiger partial charge is 0.255 e. The van der Waals surface area contributed by atoms with Crippen LogP contribution in [0.4, 0.5) is 0 Å². The van der Waals surface area contributed by atoms with Gasteiger partial charge in [0, 0.05) is 18.3 Å². The Bertz CT molecular complexity index is 375. The van der Waals surface area contributed by atoms with Gasteiger partial charge >= 0.3 is 0 Å². The molecule has 0 saturated heterocycles. The molecule has 1 aliphatic carbocycles. The van der Waals surface area contributed by atoms with Crippen molar-refractivity contribution < 1.29 is 9.90 Å². The summed E-state index contributed by atoms with van der Waals surface area (Å²) in [6.45, 7) is 0. The lowest BCUT2D eigenvalue weighted by molar-refractivity contribution is 0.0907. The van der Waals surface area contributed by atoms with E-state index in [1.165, 1.54) is 18.5 Å². The number of nitrogens with two attached hydrogens (primary N) is 1. The zero-order chi connectivity index (χ0) is 10.8. The number of rotatable bonds is 2. The molecule has 0 atom stereocenters. The minimum absolute atomic E-state index is 0.0985. The highest BCUT2D eigenvalue weighted by molar-refractivity contribution is 5.96. The quantitative estimate of drug-likeness (QED) is 0.637. The van der Waals surface area contributed by atoms with Crippen LogP contribution in [0.25, 0.3) is 0 Å². The van der Waals surface area contributed by atoms with Crippen molar-refractivity contribution >= 4 is 5.91 Å². The third-order valence-electron chi connectivity index (χ3n) is 2.55. The highest BCUT2D eigenvalue weighted by Crippen LogP contribution is 2.19. The van der Waals surface area contributed by atoms with Crippen LogP contribution in [0.15, 0.2) is 18.5 Å². The SMILES string of the molecule is NC1CC(NC(=O)c2ccncc2O)C1. The number of amides is 1. The van der Waals surface area contributed by atoms with Gasteiger partial charge in [-0.05, 0) is 18.9 Å². The van der Waals surface area contributed by atoms with Gasteiger partial charge in [-0.25, -0.2) is 0 Å². The van der Waals surface area contributed by atoms with Gasteiger partial charge < -0.3 is 16.2 Å². The Kier molecular flexibility index (Phi) is 2.55. The van der Waals surface area contributed by atoms with E-state index in [1.807, 2.05) is 0 Å². The van der Waals surface area contributed by atoms with Crippen LogP contribution in [0, 0.1) is 0 Å². The number of hydrogen-bond acceptors (Lipinski definition) is 4. The number of aromatic nitrogens is 1. The van der Waals surface area contributed by atoms with Crippen molar-refractivity contribution in [1.29, 1.82) is 0 Å². The van der Waals surface area contributed by atoms with Crippen LogP contribution in [-0.4, -0.2) is 28.1 Å². The lowest BCUT2D eigenvalue weighted by atomic mass is 9.87. The molecule has 1 fully saturated rings. The van der Waals surface area contributed by atoms with Gasteiger partial charge in [-0.1, -0.05) is 0 Å². The van der Waals surface area contributed by atoms with E-state index in [-0.39, 0.29) is 29.3 Å². The summed E-state index contributed by atoms with van der Waals surface area (Å²) >= 11 is 0. The second kappa shape index (κ2) is 3.86. The van der Waals surface area contributed by atoms with Gasteiger partial charge in [0.1, 0.15) is 5.75 Å². The molecule has 1 amide bonds. The molecule has 80 valence electrons. The van der Waals surface area contributed by atoms with E-state index in [0.29, 0.717) is 0 Å². The minimum atomic E-state index is -0.271. The van der Waals surface area contributed by atoms with Crippen LogP contribution < -0.4 is 11.1 Å². The number of nitrogens with one attached hydrogen (secondary N) is 1. The molecule has 1 aromatic heterocycles. The predicted octanol–water partition coefficient (Wildman–Crippen LogP) is 0.00670. The van der Waals surface area contributed by atoms with Gasteiger partial charge in [0.05, 0.1) is 11.8 Å².